The minimum Gasteiger partial charge on any atom is -0.478 e. The number of nitrogens with one attached hydrogen (secondary N) is 1. The van der Waals surface area contributed by atoms with Gasteiger partial charge in [-0.05, 0) is 30.4 Å². The number of nitrogens with zero attached hydrogens (tertiary/aromatic N) is 2. The second kappa shape index (κ2) is 5.69. The molecular formula is C16H19N3O2. The Morgan fingerprint density at radius 3 is 3.10 bits per heavy atom. The van der Waals surface area contributed by atoms with Gasteiger partial charge in [0.25, 0.3) is 0 Å². The Labute approximate surface area is 123 Å². The van der Waals surface area contributed by atoms with Gasteiger partial charge in [-0.3, -0.25) is 4.68 Å². The van der Waals surface area contributed by atoms with Gasteiger partial charge in [0.05, 0.1) is 11.9 Å². The number of benzene rings is 1. The predicted octanol–water partition coefficient (Wildman–Crippen LogP) is 2.29. The Morgan fingerprint density at radius 1 is 1.48 bits per heavy atom. The average molecular weight is 285 g/mol. The molecule has 21 heavy (non-hydrogen) atoms. The SMILES string of the molecule is Cn1ncc(C(=O)O)c1CNC1CCCc2ccccc21. The largest absolute Gasteiger partial charge is 0.478 e. The van der Waals surface area contributed by atoms with Crippen LogP contribution < -0.4 is 5.32 Å². The Hall–Kier alpha value is -2.14. The zero-order valence-corrected chi connectivity index (χ0v) is 12.0. The summed E-state index contributed by atoms with van der Waals surface area (Å²) < 4.78 is 1.63. The lowest BCUT2D eigenvalue weighted by atomic mass is 9.88. The van der Waals surface area contributed by atoms with Crippen LogP contribution in [-0.2, 0) is 20.0 Å². The summed E-state index contributed by atoms with van der Waals surface area (Å²) in [4.78, 5) is 11.2. The molecule has 0 saturated heterocycles. The van der Waals surface area contributed by atoms with E-state index in [0.717, 1.165) is 19.3 Å². The van der Waals surface area contributed by atoms with Crippen molar-refractivity contribution < 1.29 is 9.90 Å². The molecule has 1 aliphatic carbocycles. The van der Waals surface area contributed by atoms with E-state index >= 15 is 0 Å². The Morgan fingerprint density at radius 2 is 2.29 bits per heavy atom. The molecule has 0 radical (unpaired) electrons. The second-order valence-corrected chi connectivity index (χ2v) is 5.46. The first-order valence-corrected chi connectivity index (χ1v) is 7.22. The van der Waals surface area contributed by atoms with Crippen LogP contribution in [0.3, 0.4) is 0 Å². The van der Waals surface area contributed by atoms with Gasteiger partial charge in [0.15, 0.2) is 0 Å². The molecule has 2 N–H and O–H groups in total. The van der Waals surface area contributed by atoms with Crippen molar-refractivity contribution in [3.05, 3.63) is 52.8 Å². The number of carbonyl (C=O) groups is 1. The van der Waals surface area contributed by atoms with E-state index in [2.05, 4.69) is 34.7 Å². The van der Waals surface area contributed by atoms with E-state index in [1.165, 1.54) is 17.3 Å². The lowest BCUT2D eigenvalue weighted by Gasteiger charge is -2.26. The molecule has 0 aliphatic heterocycles. The smallest absolute Gasteiger partial charge is 0.339 e. The number of hydrogen-bond acceptors (Lipinski definition) is 3. The Bertz CT molecular complexity index is 663. The summed E-state index contributed by atoms with van der Waals surface area (Å²) >= 11 is 0. The molecule has 0 spiro atoms. The maximum Gasteiger partial charge on any atom is 0.339 e. The predicted molar refractivity (Wildman–Crippen MR) is 79.1 cm³/mol. The maximum atomic E-state index is 11.2. The minimum absolute atomic E-state index is 0.272. The van der Waals surface area contributed by atoms with Gasteiger partial charge in [0, 0.05) is 19.6 Å². The normalized spacial score (nSPS) is 17.5. The van der Waals surface area contributed by atoms with E-state index in [-0.39, 0.29) is 11.6 Å². The van der Waals surface area contributed by atoms with E-state index in [1.54, 1.807) is 11.7 Å². The van der Waals surface area contributed by atoms with E-state index in [1.807, 2.05) is 0 Å². The first-order valence-electron chi connectivity index (χ1n) is 7.22. The number of carboxylic acids is 1. The van der Waals surface area contributed by atoms with E-state index in [0.29, 0.717) is 12.2 Å². The number of carboxylic acid groups (broad SMARTS) is 1. The molecule has 1 heterocycles. The van der Waals surface area contributed by atoms with Gasteiger partial charge in [0.2, 0.25) is 0 Å². The number of fused-ring (bicyclic) bond motifs is 1. The average Bonchev–Trinajstić information content (AvgIpc) is 2.86. The lowest BCUT2D eigenvalue weighted by Crippen LogP contribution is -2.26. The Kier molecular flexibility index (Phi) is 3.75. The van der Waals surface area contributed by atoms with Crippen LogP contribution in [0.5, 0.6) is 0 Å². The molecule has 0 saturated carbocycles. The lowest BCUT2D eigenvalue weighted by molar-refractivity contribution is 0.0695. The highest BCUT2D eigenvalue weighted by atomic mass is 16.4. The fraction of sp³-hybridized carbons (Fsp3) is 0.375. The fourth-order valence-corrected chi connectivity index (χ4v) is 3.04. The molecule has 5 heteroatoms. The monoisotopic (exact) mass is 285 g/mol. The summed E-state index contributed by atoms with van der Waals surface area (Å²) in [5, 5.41) is 16.7. The molecule has 110 valence electrons. The topological polar surface area (TPSA) is 67.2 Å². The highest BCUT2D eigenvalue weighted by Crippen LogP contribution is 2.29. The van der Waals surface area contributed by atoms with Crippen LogP contribution in [0, 0.1) is 0 Å². The van der Waals surface area contributed by atoms with Crippen molar-refractivity contribution in [3.63, 3.8) is 0 Å². The molecule has 3 rings (SSSR count). The first-order chi connectivity index (χ1) is 10.2. The molecule has 0 fully saturated rings. The van der Waals surface area contributed by atoms with Crippen molar-refractivity contribution in [1.29, 1.82) is 0 Å². The van der Waals surface area contributed by atoms with Crippen LogP contribution in [0.1, 0.15) is 46.1 Å². The van der Waals surface area contributed by atoms with Crippen molar-refractivity contribution in [3.8, 4) is 0 Å². The van der Waals surface area contributed by atoms with E-state index < -0.39 is 5.97 Å². The van der Waals surface area contributed by atoms with Gasteiger partial charge in [-0.1, -0.05) is 24.3 Å². The summed E-state index contributed by atoms with van der Waals surface area (Å²) in [5.41, 5.74) is 3.71. The zero-order chi connectivity index (χ0) is 14.8. The molecule has 1 unspecified atom stereocenters. The van der Waals surface area contributed by atoms with Crippen molar-refractivity contribution >= 4 is 5.97 Å². The first kappa shape index (κ1) is 13.8. The van der Waals surface area contributed by atoms with Crippen LogP contribution in [0.15, 0.2) is 30.5 Å². The highest BCUT2D eigenvalue weighted by Gasteiger charge is 2.21. The van der Waals surface area contributed by atoms with Crippen molar-refractivity contribution in [1.82, 2.24) is 15.1 Å². The maximum absolute atomic E-state index is 11.2. The molecule has 1 atom stereocenters. The van der Waals surface area contributed by atoms with Gasteiger partial charge in [-0.15, -0.1) is 0 Å². The minimum atomic E-state index is -0.927. The standard InChI is InChI=1S/C16H19N3O2/c1-19-15(13(9-18-19)16(20)21)10-17-14-8-4-6-11-5-2-3-7-12(11)14/h2-3,5,7,9,14,17H,4,6,8,10H2,1H3,(H,20,21). The van der Waals surface area contributed by atoms with Crippen molar-refractivity contribution in [2.45, 2.75) is 31.8 Å². The molecule has 1 aliphatic rings. The van der Waals surface area contributed by atoms with E-state index in [4.69, 9.17) is 0 Å². The number of aromatic nitrogens is 2. The Balaban J connectivity index is 1.78. The van der Waals surface area contributed by atoms with Crippen LogP contribution >= 0.6 is 0 Å². The molecular weight excluding hydrogens is 266 g/mol. The third kappa shape index (κ3) is 2.69. The molecule has 5 nitrogen and oxygen atoms in total. The molecule has 1 aromatic heterocycles. The molecule has 0 amide bonds. The van der Waals surface area contributed by atoms with Crippen molar-refractivity contribution in [2.24, 2.45) is 7.05 Å². The molecule has 1 aromatic carbocycles. The van der Waals surface area contributed by atoms with Crippen LogP contribution in [0.2, 0.25) is 0 Å². The summed E-state index contributed by atoms with van der Waals surface area (Å²) in [6.07, 6.45) is 4.78. The number of aryl methyl sites for hydroxylation is 2. The molecule has 2 aromatic rings. The second-order valence-electron chi connectivity index (χ2n) is 5.46. The van der Waals surface area contributed by atoms with Crippen LogP contribution in [0.25, 0.3) is 0 Å². The van der Waals surface area contributed by atoms with Crippen molar-refractivity contribution in [2.75, 3.05) is 0 Å². The number of hydrogen-bond donors (Lipinski definition) is 2. The number of rotatable bonds is 4. The molecule has 0 bridgehead atoms. The van der Waals surface area contributed by atoms with Gasteiger partial charge in [-0.25, -0.2) is 4.79 Å². The fourth-order valence-electron chi connectivity index (χ4n) is 3.04. The highest BCUT2D eigenvalue weighted by molar-refractivity contribution is 5.88. The van der Waals surface area contributed by atoms with Gasteiger partial charge < -0.3 is 10.4 Å². The third-order valence-corrected chi connectivity index (χ3v) is 4.18. The summed E-state index contributed by atoms with van der Waals surface area (Å²) in [7, 11) is 1.78. The van der Waals surface area contributed by atoms with Gasteiger partial charge in [-0.2, -0.15) is 5.10 Å². The summed E-state index contributed by atoms with van der Waals surface area (Å²) in [5.74, 6) is -0.927. The van der Waals surface area contributed by atoms with Crippen LogP contribution in [-0.4, -0.2) is 20.9 Å². The third-order valence-electron chi connectivity index (χ3n) is 4.18. The van der Waals surface area contributed by atoms with Crippen LogP contribution in [0.4, 0.5) is 0 Å². The summed E-state index contributed by atoms with van der Waals surface area (Å²) in [6, 6.07) is 8.76. The van der Waals surface area contributed by atoms with Gasteiger partial charge >= 0.3 is 5.97 Å². The van der Waals surface area contributed by atoms with Gasteiger partial charge in [0.1, 0.15) is 5.56 Å². The number of aromatic carboxylic acids is 1. The quantitative estimate of drug-likeness (QED) is 0.904. The van der Waals surface area contributed by atoms with E-state index in [9.17, 15) is 9.90 Å². The zero-order valence-electron chi connectivity index (χ0n) is 12.0. The summed E-state index contributed by atoms with van der Waals surface area (Å²) in [6.45, 7) is 0.511.